The molecule has 2 aromatic rings. The van der Waals surface area contributed by atoms with Crippen molar-refractivity contribution in [2.24, 2.45) is 0 Å². The quantitative estimate of drug-likeness (QED) is 0.931. The number of carbonyl (C=O) groups excluding carboxylic acids is 3. The Morgan fingerprint density at radius 1 is 1.04 bits per heavy atom. The van der Waals surface area contributed by atoms with E-state index in [1.807, 2.05) is 36.4 Å². The maximum atomic E-state index is 12.5. The standard InChI is InChI=1S/C19H19N3O3/c1-21(14-7-3-2-4-8-14)18(24)11-12-19(25)22-13-17(23)20-15-9-5-6-10-16(15)22/h2-10H,11-13H2,1H3,(H,20,23). The number of nitrogens with zero attached hydrogens (tertiary/aromatic N) is 2. The van der Waals surface area contributed by atoms with Crippen molar-refractivity contribution >= 4 is 34.8 Å². The zero-order valence-electron chi connectivity index (χ0n) is 13.9. The van der Waals surface area contributed by atoms with E-state index in [1.54, 1.807) is 25.2 Å². The van der Waals surface area contributed by atoms with E-state index in [-0.39, 0.29) is 37.1 Å². The number of para-hydroxylation sites is 3. The largest absolute Gasteiger partial charge is 0.323 e. The van der Waals surface area contributed by atoms with Crippen LogP contribution in [0, 0.1) is 0 Å². The number of nitrogens with one attached hydrogen (secondary N) is 1. The summed E-state index contributed by atoms with van der Waals surface area (Å²) in [5, 5.41) is 2.74. The molecule has 0 fully saturated rings. The summed E-state index contributed by atoms with van der Waals surface area (Å²) >= 11 is 0. The highest BCUT2D eigenvalue weighted by Gasteiger charge is 2.27. The van der Waals surface area contributed by atoms with Crippen LogP contribution in [-0.4, -0.2) is 31.3 Å². The molecule has 0 aliphatic carbocycles. The molecule has 0 aromatic heterocycles. The van der Waals surface area contributed by atoms with Crippen molar-refractivity contribution in [3.63, 3.8) is 0 Å². The van der Waals surface area contributed by atoms with Gasteiger partial charge in [-0.3, -0.25) is 14.4 Å². The first-order valence-electron chi connectivity index (χ1n) is 8.07. The summed E-state index contributed by atoms with van der Waals surface area (Å²) in [4.78, 5) is 39.6. The van der Waals surface area contributed by atoms with Gasteiger partial charge in [-0.05, 0) is 24.3 Å². The summed E-state index contributed by atoms with van der Waals surface area (Å²) in [6.07, 6.45) is 0.141. The van der Waals surface area contributed by atoms with E-state index in [1.165, 1.54) is 9.80 Å². The van der Waals surface area contributed by atoms with Gasteiger partial charge in [0.25, 0.3) is 0 Å². The molecule has 3 rings (SSSR count). The van der Waals surface area contributed by atoms with Crippen LogP contribution in [0.2, 0.25) is 0 Å². The maximum absolute atomic E-state index is 12.5. The summed E-state index contributed by atoms with van der Waals surface area (Å²) in [5.74, 6) is -0.619. The molecule has 3 amide bonds. The molecule has 1 aliphatic rings. The van der Waals surface area contributed by atoms with Gasteiger partial charge >= 0.3 is 0 Å². The molecule has 1 aliphatic heterocycles. The minimum atomic E-state index is -0.239. The van der Waals surface area contributed by atoms with E-state index < -0.39 is 0 Å². The van der Waals surface area contributed by atoms with Crippen LogP contribution in [0.25, 0.3) is 0 Å². The minimum absolute atomic E-state index is 0.0292. The highest BCUT2D eigenvalue weighted by atomic mass is 16.2. The predicted octanol–water partition coefficient (Wildman–Crippen LogP) is 2.41. The van der Waals surface area contributed by atoms with Gasteiger partial charge in [-0.2, -0.15) is 0 Å². The SMILES string of the molecule is CN(C(=O)CCC(=O)N1CC(=O)Nc2ccccc21)c1ccccc1. The fourth-order valence-corrected chi connectivity index (χ4v) is 2.77. The molecule has 0 unspecified atom stereocenters. The summed E-state index contributed by atoms with van der Waals surface area (Å²) in [6.45, 7) is -0.0292. The molecule has 0 saturated heterocycles. The van der Waals surface area contributed by atoms with Crippen molar-refractivity contribution in [3.8, 4) is 0 Å². The molecule has 1 heterocycles. The van der Waals surface area contributed by atoms with Crippen molar-refractivity contribution in [2.45, 2.75) is 12.8 Å². The van der Waals surface area contributed by atoms with Crippen LogP contribution in [-0.2, 0) is 14.4 Å². The van der Waals surface area contributed by atoms with Crippen LogP contribution >= 0.6 is 0 Å². The first-order valence-corrected chi connectivity index (χ1v) is 8.07. The molecule has 0 saturated carbocycles. The second-order valence-electron chi connectivity index (χ2n) is 5.83. The number of amides is 3. The Morgan fingerprint density at radius 3 is 2.48 bits per heavy atom. The Morgan fingerprint density at radius 2 is 1.72 bits per heavy atom. The van der Waals surface area contributed by atoms with Crippen LogP contribution in [0.4, 0.5) is 17.1 Å². The molecule has 25 heavy (non-hydrogen) atoms. The summed E-state index contributed by atoms with van der Waals surface area (Å²) in [5.41, 5.74) is 2.05. The molecule has 0 atom stereocenters. The third kappa shape index (κ3) is 3.68. The van der Waals surface area contributed by atoms with Crippen LogP contribution in [0.1, 0.15) is 12.8 Å². The van der Waals surface area contributed by atoms with Crippen molar-refractivity contribution in [1.29, 1.82) is 0 Å². The molecule has 0 radical (unpaired) electrons. The molecule has 0 spiro atoms. The zero-order valence-corrected chi connectivity index (χ0v) is 13.9. The van der Waals surface area contributed by atoms with Gasteiger partial charge in [0.1, 0.15) is 6.54 Å². The van der Waals surface area contributed by atoms with Gasteiger partial charge < -0.3 is 15.1 Å². The molecular formula is C19H19N3O3. The average Bonchev–Trinajstić information content (AvgIpc) is 2.65. The lowest BCUT2D eigenvalue weighted by atomic mass is 10.1. The first kappa shape index (κ1) is 16.7. The maximum Gasteiger partial charge on any atom is 0.244 e. The van der Waals surface area contributed by atoms with E-state index in [0.29, 0.717) is 11.4 Å². The summed E-state index contributed by atoms with van der Waals surface area (Å²) < 4.78 is 0. The Balaban J connectivity index is 1.65. The Hall–Kier alpha value is -3.15. The second kappa shape index (κ2) is 7.17. The average molecular weight is 337 g/mol. The molecule has 128 valence electrons. The van der Waals surface area contributed by atoms with Gasteiger partial charge in [-0.15, -0.1) is 0 Å². The van der Waals surface area contributed by atoms with E-state index >= 15 is 0 Å². The highest BCUT2D eigenvalue weighted by Crippen LogP contribution is 2.29. The van der Waals surface area contributed by atoms with Crippen LogP contribution in [0.15, 0.2) is 54.6 Å². The number of anilines is 3. The molecule has 2 aromatic carbocycles. The van der Waals surface area contributed by atoms with Gasteiger partial charge in [0, 0.05) is 25.6 Å². The number of rotatable bonds is 4. The lowest BCUT2D eigenvalue weighted by molar-refractivity contribution is -0.124. The fourth-order valence-electron chi connectivity index (χ4n) is 2.77. The molecule has 0 bridgehead atoms. The van der Waals surface area contributed by atoms with Crippen LogP contribution in [0.3, 0.4) is 0 Å². The topological polar surface area (TPSA) is 69.7 Å². The van der Waals surface area contributed by atoms with Gasteiger partial charge in [-0.1, -0.05) is 30.3 Å². The Labute approximate surface area is 146 Å². The fraction of sp³-hybridized carbons (Fsp3) is 0.211. The van der Waals surface area contributed by atoms with Crippen molar-refractivity contribution in [3.05, 3.63) is 54.6 Å². The number of hydrogen-bond acceptors (Lipinski definition) is 3. The first-order chi connectivity index (χ1) is 12.1. The highest BCUT2D eigenvalue weighted by molar-refractivity contribution is 6.10. The van der Waals surface area contributed by atoms with Crippen molar-refractivity contribution in [2.75, 3.05) is 28.7 Å². The lowest BCUT2D eigenvalue weighted by Crippen LogP contribution is -2.42. The third-order valence-electron chi connectivity index (χ3n) is 4.14. The summed E-state index contributed by atoms with van der Waals surface area (Å²) in [6, 6.07) is 16.4. The monoisotopic (exact) mass is 337 g/mol. The van der Waals surface area contributed by atoms with Gasteiger partial charge in [0.05, 0.1) is 11.4 Å². The van der Waals surface area contributed by atoms with Crippen LogP contribution < -0.4 is 15.1 Å². The number of carbonyl (C=O) groups is 3. The van der Waals surface area contributed by atoms with E-state index in [2.05, 4.69) is 5.32 Å². The third-order valence-corrected chi connectivity index (χ3v) is 4.14. The van der Waals surface area contributed by atoms with Crippen LogP contribution in [0.5, 0.6) is 0 Å². The van der Waals surface area contributed by atoms with Gasteiger partial charge in [0.2, 0.25) is 17.7 Å². The van der Waals surface area contributed by atoms with Gasteiger partial charge in [0.15, 0.2) is 0 Å². The number of fused-ring (bicyclic) bond motifs is 1. The van der Waals surface area contributed by atoms with E-state index in [4.69, 9.17) is 0 Å². The zero-order chi connectivity index (χ0) is 17.8. The minimum Gasteiger partial charge on any atom is -0.323 e. The van der Waals surface area contributed by atoms with Crippen molar-refractivity contribution < 1.29 is 14.4 Å². The van der Waals surface area contributed by atoms with E-state index in [0.717, 1.165) is 5.69 Å². The number of benzene rings is 2. The number of hydrogen-bond donors (Lipinski definition) is 1. The van der Waals surface area contributed by atoms with Crippen molar-refractivity contribution in [1.82, 2.24) is 0 Å². The molecule has 6 nitrogen and oxygen atoms in total. The predicted molar refractivity (Wildman–Crippen MR) is 96.5 cm³/mol. The Kier molecular flexibility index (Phi) is 4.79. The molecular weight excluding hydrogens is 318 g/mol. The smallest absolute Gasteiger partial charge is 0.244 e. The van der Waals surface area contributed by atoms with E-state index in [9.17, 15) is 14.4 Å². The molecule has 6 heteroatoms. The normalized spacial score (nSPS) is 13.0. The summed E-state index contributed by atoms with van der Waals surface area (Å²) in [7, 11) is 1.69. The second-order valence-corrected chi connectivity index (χ2v) is 5.83. The molecule has 1 N–H and O–H groups in total. The van der Waals surface area contributed by atoms with Gasteiger partial charge in [-0.25, -0.2) is 0 Å². The lowest BCUT2D eigenvalue weighted by Gasteiger charge is -2.29. The Bertz CT molecular complexity index is 805.